The van der Waals surface area contributed by atoms with Crippen LogP contribution in [0.15, 0.2) is 24.3 Å². The normalized spacial score (nSPS) is 23.5. The monoisotopic (exact) mass is 276 g/mol. The molecule has 0 amide bonds. The lowest BCUT2D eigenvalue weighted by molar-refractivity contribution is 0.0650. The minimum atomic E-state index is 0.0930. The second-order valence-electron chi connectivity index (χ2n) is 6.06. The van der Waals surface area contributed by atoms with Gasteiger partial charge in [-0.2, -0.15) is 0 Å². The van der Waals surface area contributed by atoms with Crippen LogP contribution in [0.25, 0.3) is 0 Å². The fourth-order valence-corrected chi connectivity index (χ4v) is 3.53. The Labute approximate surface area is 122 Å². The quantitative estimate of drug-likeness (QED) is 0.869. The molecule has 0 radical (unpaired) electrons. The Balaban J connectivity index is 2.29. The van der Waals surface area contributed by atoms with Crippen molar-refractivity contribution in [3.8, 4) is 0 Å². The first kappa shape index (κ1) is 15.5. The van der Waals surface area contributed by atoms with Gasteiger partial charge in [0.05, 0.1) is 6.04 Å². The number of aliphatic hydroxyl groups is 1. The smallest absolute Gasteiger partial charge is 0.0502 e. The summed E-state index contributed by atoms with van der Waals surface area (Å²) in [6.45, 7) is 5.61. The first-order valence-corrected chi connectivity index (χ1v) is 7.83. The van der Waals surface area contributed by atoms with Crippen molar-refractivity contribution in [2.45, 2.75) is 57.7 Å². The molecule has 1 aromatic rings. The highest BCUT2D eigenvalue weighted by Gasteiger charge is 2.32. The molecule has 0 saturated carbocycles. The predicted octanol–water partition coefficient (Wildman–Crippen LogP) is 2.62. The molecule has 2 rings (SSSR count). The average Bonchev–Trinajstić information content (AvgIpc) is 2.43. The summed E-state index contributed by atoms with van der Waals surface area (Å²) in [6.07, 6.45) is 4.53. The first-order chi connectivity index (χ1) is 9.65. The van der Waals surface area contributed by atoms with Crippen LogP contribution < -0.4 is 5.73 Å². The Hall–Kier alpha value is -0.900. The van der Waals surface area contributed by atoms with Crippen molar-refractivity contribution in [2.24, 2.45) is 5.73 Å². The van der Waals surface area contributed by atoms with Crippen molar-refractivity contribution in [1.29, 1.82) is 0 Å². The average molecular weight is 276 g/mol. The maximum atomic E-state index is 9.32. The van der Waals surface area contributed by atoms with Crippen LogP contribution in [0.2, 0.25) is 0 Å². The molecule has 3 unspecified atom stereocenters. The Bertz CT molecular complexity index is 417. The number of rotatable bonds is 5. The van der Waals surface area contributed by atoms with Gasteiger partial charge in [-0.1, -0.05) is 30.7 Å². The lowest BCUT2D eigenvalue weighted by atomic mass is 9.90. The van der Waals surface area contributed by atoms with Gasteiger partial charge in [0, 0.05) is 18.7 Å². The summed E-state index contributed by atoms with van der Waals surface area (Å²) in [7, 11) is 0. The molecular weight excluding hydrogens is 248 g/mol. The number of nitrogens with two attached hydrogens (primary N) is 1. The van der Waals surface area contributed by atoms with E-state index in [0.717, 1.165) is 13.0 Å². The summed E-state index contributed by atoms with van der Waals surface area (Å²) in [5.74, 6) is 0. The molecule has 3 heteroatoms. The third-order valence-corrected chi connectivity index (χ3v) is 4.50. The fraction of sp³-hybridized carbons (Fsp3) is 0.647. The van der Waals surface area contributed by atoms with E-state index in [4.69, 9.17) is 5.73 Å². The van der Waals surface area contributed by atoms with Gasteiger partial charge in [0.15, 0.2) is 0 Å². The van der Waals surface area contributed by atoms with Crippen molar-refractivity contribution < 1.29 is 5.11 Å². The molecule has 1 saturated heterocycles. The van der Waals surface area contributed by atoms with Gasteiger partial charge in [-0.3, -0.25) is 4.90 Å². The molecule has 3 N–H and O–H groups in total. The standard InChI is InChI=1S/C17H28N2O/c1-13-7-3-4-9-16(13)17(14(2)18)19-11-6-5-8-15(19)10-12-20/h3-4,7,9,14-15,17,20H,5-6,8,10-12,18H2,1-2H3. The zero-order valence-electron chi connectivity index (χ0n) is 12.8. The van der Waals surface area contributed by atoms with Crippen LogP contribution in [-0.4, -0.2) is 35.2 Å². The highest BCUT2D eigenvalue weighted by atomic mass is 16.3. The summed E-state index contributed by atoms with van der Waals surface area (Å²) in [5, 5.41) is 9.32. The van der Waals surface area contributed by atoms with Crippen LogP contribution in [0.4, 0.5) is 0 Å². The lowest BCUT2D eigenvalue weighted by Crippen LogP contribution is -2.48. The molecular formula is C17H28N2O. The van der Waals surface area contributed by atoms with E-state index in [1.807, 2.05) is 0 Å². The molecule has 1 aliphatic heterocycles. The van der Waals surface area contributed by atoms with Crippen molar-refractivity contribution in [3.63, 3.8) is 0 Å². The van der Waals surface area contributed by atoms with E-state index in [1.54, 1.807) is 0 Å². The number of piperidine rings is 1. The van der Waals surface area contributed by atoms with Gasteiger partial charge in [0.2, 0.25) is 0 Å². The summed E-state index contributed by atoms with van der Waals surface area (Å²) >= 11 is 0. The maximum Gasteiger partial charge on any atom is 0.0502 e. The van der Waals surface area contributed by atoms with Gasteiger partial charge >= 0.3 is 0 Å². The van der Waals surface area contributed by atoms with Crippen molar-refractivity contribution >= 4 is 0 Å². The van der Waals surface area contributed by atoms with Gasteiger partial charge in [0.25, 0.3) is 0 Å². The molecule has 3 atom stereocenters. The van der Waals surface area contributed by atoms with Gasteiger partial charge in [-0.25, -0.2) is 0 Å². The topological polar surface area (TPSA) is 49.5 Å². The first-order valence-electron chi connectivity index (χ1n) is 7.83. The Morgan fingerprint density at radius 2 is 2.10 bits per heavy atom. The summed E-state index contributed by atoms with van der Waals surface area (Å²) < 4.78 is 0. The zero-order chi connectivity index (χ0) is 14.5. The molecule has 3 nitrogen and oxygen atoms in total. The number of aryl methyl sites for hydroxylation is 1. The summed E-state index contributed by atoms with van der Waals surface area (Å²) in [6, 6.07) is 9.36. The molecule has 20 heavy (non-hydrogen) atoms. The van der Waals surface area contributed by atoms with Crippen LogP contribution in [0, 0.1) is 6.92 Å². The third-order valence-electron chi connectivity index (χ3n) is 4.50. The predicted molar refractivity (Wildman–Crippen MR) is 83.6 cm³/mol. The van der Waals surface area contributed by atoms with Gasteiger partial charge in [-0.05, 0) is 50.8 Å². The highest BCUT2D eigenvalue weighted by Crippen LogP contribution is 2.33. The molecule has 112 valence electrons. The molecule has 1 heterocycles. The lowest BCUT2D eigenvalue weighted by Gasteiger charge is -2.43. The minimum absolute atomic E-state index is 0.0930. The highest BCUT2D eigenvalue weighted by molar-refractivity contribution is 5.30. The van der Waals surface area contributed by atoms with Crippen LogP contribution in [0.1, 0.15) is 49.8 Å². The van der Waals surface area contributed by atoms with E-state index in [9.17, 15) is 5.11 Å². The maximum absolute atomic E-state index is 9.32. The van der Waals surface area contributed by atoms with Crippen molar-refractivity contribution in [2.75, 3.05) is 13.2 Å². The van der Waals surface area contributed by atoms with Crippen LogP contribution >= 0.6 is 0 Å². The van der Waals surface area contributed by atoms with Gasteiger partial charge in [-0.15, -0.1) is 0 Å². The molecule has 0 bridgehead atoms. The number of aliphatic hydroxyl groups excluding tert-OH is 1. The molecule has 0 spiro atoms. The molecule has 0 aromatic heterocycles. The van der Waals surface area contributed by atoms with E-state index < -0.39 is 0 Å². The SMILES string of the molecule is Cc1ccccc1C(C(C)N)N1CCCCC1CCO. The minimum Gasteiger partial charge on any atom is -0.396 e. The third kappa shape index (κ3) is 3.40. The molecule has 1 aliphatic rings. The number of benzene rings is 1. The molecule has 0 aliphatic carbocycles. The summed E-state index contributed by atoms with van der Waals surface area (Å²) in [4.78, 5) is 2.53. The Kier molecular flexibility index (Phi) is 5.58. The number of likely N-dealkylation sites (tertiary alicyclic amines) is 1. The fourth-order valence-electron chi connectivity index (χ4n) is 3.53. The van der Waals surface area contributed by atoms with E-state index in [0.29, 0.717) is 6.04 Å². The Morgan fingerprint density at radius 1 is 1.35 bits per heavy atom. The van der Waals surface area contributed by atoms with Crippen LogP contribution in [-0.2, 0) is 0 Å². The number of hydrogen-bond donors (Lipinski definition) is 2. The zero-order valence-corrected chi connectivity index (χ0v) is 12.8. The van der Waals surface area contributed by atoms with E-state index >= 15 is 0 Å². The van der Waals surface area contributed by atoms with Crippen LogP contribution in [0.3, 0.4) is 0 Å². The second kappa shape index (κ2) is 7.21. The molecule has 1 fully saturated rings. The van der Waals surface area contributed by atoms with Crippen molar-refractivity contribution in [3.05, 3.63) is 35.4 Å². The van der Waals surface area contributed by atoms with Gasteiger partial charge in [0.1, 0.15) is 0 Å². The largest absolute Gasteiger partial charge is 0.396 e. The second-order valence-corrected chi connectivity index (χ2v) is 6.06. The summed E-state index contributed by atoms with van der Waals surface area (Å²) in [5.41, 5.74) is 8.97. The van der Waals surface area contributed by atoms with E-state index in [2.05, 4.69) is 43.0 Å². The van der Waals surface area contributed by atoms with Crippen molar-refractivity contribution in [1.82, 2.24) is 4.90 Å². The van der Waals surface area contributed by atoms with Crippen LogP contribution in [0.5, 0.6) is 0 Å². The van der Waals surface area contributed by atoms with E-state index in [-0.39, 0.29) is 18.7 Å². The number of nitrogens with zero attached hydrogens (tertiary/aromatic N) is 1. The van der Waals surface area contributed by atoms with Gasteiger partial charge < -0.3 is 10.8 Å². The molecule has 1 aromatic carbocycles. The van der Waals surface area contributed by atoms with E-state index in [1.165, 1.54) is 30.4 Å². The Morgan fingerprint density at radius 3 is 2.75 bits per heavy atom. The number of hydrogen-bond acceptors (Lipinski definition) is 3.